The van der Waals surface area contributed by atoms with Gasteiger partial charge in [-0.05, 0) is 47.4 Å². The van der Waals surface area contributed by atoms with Crippen molar-refractivity contribution in [3.8, 4) is 17.1 Å². The number of aromatic amines is 1. The summed E-state index contributed by atoms with van der Waals surface area (Å²) in [6.07, 6.45) is 1.45. The van der Waals surface area contributed by atoms with Crippen molar-refractivity contribution >= 4 is 23.9 Å². The Balaban J connectivity index is 1.62. The lowest BCUT2D eigenvalue weighted by Gasteiger charge is -2.18. The van der Waals surface area contributed by atoms with Crippen LogP contribution in [0.4, 0.5) is 0 Å². The van der Waals surface area contributed by atoms with Crippen LogP contribution in [0.5, 0.6) is 5.75 Å². The number of amides is 1. The zero-order valence-electron chi connectivity index (χ0n) is 18.2. The Morgan fingerprint density at radius 1 is 1.26 bits per heavy atom. The van der Waals surface area contributed by atoms with Gasteiger partial charge in [0, 0.05) is 0 Å². The predicted octanol–water partition coefficient (Wildman–Crippen LogP) is 3.00. The highest BCUT2D eigenvalue weighted by Gasteiger charge is 2.22. The molecule has 0 bridgehead atoms. The average Bonchev–Trinajstić information content (AvgIpc) is 3.15. The number of benzene rings is 2. The van der Waals surface area contributed by atoms with E-state index in [0.717, 1.165) is 23.1 Å². The zero-order chi connectivity index (χ0) is 22.4. The molecule has 1 heterocycles. The molecule has 3 aromatic rings. The number of carbonyl (C=O) groups excluding carboxylic acids is 1. The van der Waals surface area contributed by atoms with Crippen LogP contribution in [0.1, 0.15) is 38.8 Å². The summed E-state index contributed by atoms with van der Waals surface area (Å²) in [7, 11) is 0. The molecule has 7 nitrogen and oxygen atoms in total. The number of hydrogen-bond acceptors (Lipinski definition) is 5. The van der Waals surface area contributed by atoms with Crippen LogP contribution in [0.25, 0.3) is 11.4 Å². The van der Waals surface area contributed by atoms with Crippen LogP contribution in [0.3, 0.4) is 0 Å². The van der Waals surface area contributed by atoms with Gasteiger partial charge in [0.2, 0.25) is 0 Å². The first-order chi connectivity index (χ1) is 14.8. The number of carbonyl (C=O) groups is 1. The molecule has 8 heteroatoms. The van der Waals surface area contributed by atoms with Crippen LogP contribution in [0.15, 0.2) is 58.8 Å². The third-order valence-corrected chi connectivity index (χ3v) is 5.67. The summed E-state index contributed by atoms with van der Waals surface area (Å²) in [5.41, 5.74) is 5.53. The molecular weight excluding hydrogens is 410 g/mol. The van der Waals surface area contributed by atoms with E-state index in [-0.39, 0.29) is 22.8 Å². The summed E-state index contributed by atoms with van der Waals surface area (Å²) in [6.45, 7) is 9.33. The van der Waals surface area contributed by atoms with Crippen molar-refractivity contribution in [1.82, 2.24) is 15.6 Å². The fourth-order valence-electron chi connectivity index (χ4n) is 3.01. The minimum absolute atomic E-state index is 0.0991. The monoisotopic (exact) mass is 437 g/mol. The van der Waals surface area contributed by atoms with Gasteiger partial charge in [-0.3, -0.25) is 4.79 Å². The highest BCUT2D eigenvalue weighted by molar-refractivity contribution is 7.99. The van der Waals surface area contributed by atoms with E-state index in [1.54, 1.807) is 12.1 Å². The molecule has 3 rings (SSSR count). The summed E-state index contributed by atoms with van der Waals surface area (Å²) in [5, 5.41) is 23.4. The summed E-state index contributed by atoms with van der Waals surface area (Å²) < 4.78 is 2.05. The van der Waals surface area contributed by atoms with Crippen molar-refractivity contribution in [3.63, 3.8) is 0 Å². The molecule has 0 unspecified atom stereocenters. The minimum Gasteiger partial charge on any atom is -0.872 e. The van der Waals surface area contributed by atoms with E-state index in [1.807, 2.05) is 11.5 Å². The third-order valence-electron chi connectivity index (χ3n) is 4.69. The van der Waals surface area contributed by atoms with Crippen LogP contribution in [-0.2, 0) is 16.8 Å². The second-order valence-electron chi connectivity index (χ2n) is 8.08. The molecule has 0 saturated heterocycles. The summed E-state index contributed by atoms with van der Waals surface area (Å²) in [4.78, 5) is 12.1. The van der Waals surface area contributed by atoms with E-state index >= 15 is 0 Å². The average molecular weight is 438 g/mol. The zero-order valence-corrected chi connectivity index (χ0v) is 19.0. The number of hydrazone groups is 1. The van der Waals surface area contributed by atoms with Crippen LogP contribution in [0, 0.1) is 0 Å². The van der Waals surface area contributed by atoms with Gasteiger partial charge in [0.05, 0.1) is 29.2 Å². The van der Waals surface area contributed by atoms with Gasteiger partial charge in [-0.2, -0.15) is 5.10 Å². The summed E-state index contributed by atoms with van der Waals surface area (Å²) >= 11 is 1.34. The van der Waals surface area contributed by atoms with Gasteiger partial charge in [-0.15, -0.1) is 10.8 Å². The molecule has 0 aliphatic carbocycles. The maximum absolute atomic E-state index is 12.1. The van der Waals surface area contributed by atoms with Crippen molar-refractivity contribution in [2.75, 3.05) is 5.75 Å². The number of nitrogens with one attached hydrogen (secondary N) is 2. The predicted molar refractivity (Wildman–Crippen MR) is 121 cm³/mol. The number of rotatable bonds is 7. The SMILES string of the molecule is CC[n+]1c(SCC(=O)NN=Cc2cccc([O-])c2)n[nH]c1-c1ccc(C(C)(C)C)cc1. The Hall–Kier alpha value is -3.13. The highest BCUT2D eigenvalue weighted by Crippen LogP contribution is 2.25. The number of aromatic nitrogens is 3. The van der Waals surface area contributed by atoms with E-state index in [2.05, 4.69) is 65.8 Å². The first-order valence-corrected chi connectivity index (χ1v) is 11.1. The molecule has 0 saturated carbocycles. The van der Waals surface area contributed by atoms with E-state index < -0.39 is 0 Å². The molecule has 2 aromatic carbocycles. The molecule has 0 aliphatic rings. The van der Waals surface area contributed by atoms with Crippen molar-refractivity contribution < 1.29 is 14.5 Å². The van der Waals surface area contributed by atoms with Gasteiger partial charge in [0.1, 0.15) is 0 Å². The van der Waals surface area contributed by atoms with E-state index in [9.17, 15) is 9.90 Å². The van der Waals surface area contributed by atoms with Gasteiger partial charge >= 0.3 is 5.16 Å². The third kappa shape index (κ3) is 5.95. The number of hydrogen-bond donors (Lipinski definition) is 2. The fraction of sp³-hybridized carbons (Fsp3) is 0.304. The standard InChI is InChI=1S/C23H27N5O2S/c1-5-28-21(17-9-11-18(12-10-17)23(2,3)4)26-27-22(28)31-15-20(30)25-24-14-16-7-6-8-19(29)13-16/h6-14H,5,15H2,1-4H3,(H2,25,29,30). The smallest absolute Gasteiger partial charge is 0.337 e. The largest absolute Gasteiger partial charge is 0.872 e. The Morgan fingerprint density at radius 2 is 2.00 bits per heavy atom. The molecule has 0 fully saturated rings. The topological polar surface area (TPSA) is 97.1 Å². The molecule has 1 aromatic heterocycles. The maximum Gasteiger partial charge on any atom is 0.337 e. The van der Waals surface area contributed by atoms with Gasteiger partial charge in [-0.25, -0.2) is 9.99 Å². The Labute approximate surface area is 186 Å². The molecule has 2 N–H and O–H groups in total. The second-order valence-corrected chi connectivity index (χ2v) is 9.02. The first kappa shape index (κ1) is 22.6. The van der Waals surface area contributed by atoms with Crippen molar-refractivity contribution in [1.29, 1.82) is 0 Å². The lowest BCUT2D eigenvalue weighted by molar-refractivity contribution is -0.719. The maximum atomic E-state index is 12.1. The van der Waals surface area contributed by atoms with E-state index in [4.69, 9.17) is 0 Å². The minimum atomic E-state index is -0.249. The van der Waals surface area contributed by atoms with E-state index in [0.29, 0.717) is 5.56 Å². The normalized spacial score (nSPS) is 11.7. The van der Waals surface area contributed by atoms with E-state index in [1.165, 1.54) is 35.7 Å². The Kier molecular flexibility index (Phi) is 7.12. The Bertz CT molecular complexity index is 1070. The molecule has 0 atom stereocenters. The highest BCUT2D eigenvalue weighted by atomic mass is 32.2. The molecule has 31 heavy (non-hydrogen) atoms. The lowest BCUT2D eigenvalue weighted by Crippen LogP contribution is -2.36. The molecule has 0 radical (unpaired) electrons. The van der Waals surface area contributed by atoms with Crippen molar-refractivity contribution in [2.45, 2.75) is 44.8 Å². The summed E-state index contributed by atoms with van der Waals surface area (Å²) in [5.74, 6) is 0.728. The fourth-order valence-corrected chi connectivity index (χ4v) is 3.82. The van der Waals surface area contributed by atoms with Crippen LogP contribution >= 0.6 is 11.8 Å². The van der Waals surface area contributed by atoms with Gasteiger partial charge in [0.15, 0.2) is 0 Å². The lowest BCUT2D eigenvalue weighted by atomic mass is 9.87. The number of H-pyrrole nitrogens is 1. The molecule has 0 spiro atoms. The van der Waals surface area contributed by atoms with Gasteiger partial charge in [0.25, 0.3) is 11.7 Å². The molecule has 0 aliphatic heterocycles. The van der Waals surface area contributed by atoms with Gasteiger partial charge < -0.3 is 5.11 Å². The van der Waals surface area contributed by atoms with Crippen LogP contribution in [0.2, 0.25) is 0 Å². The van der Waals surface area contributed by atoms with Crippen LogP contribution < -0.4 is 15.1 Å². The number of thioether (sulfide) groups is 1. The van der Waals surface area contributed by atoms with Gasteiger partial charge in [-0.1, -0.05) is 57.2 Å². The molecule has 162 valence electrons. The van der Waals surface area contributed by atoms with Crippen molar-refractivity contribution in [3.05, 3.63) is 59.7 Å². The van der Waals surface area contributed by atoms with Crippen molar-refractivity contribution in [2.24, 2.45) is 5.10 Å². The molecular formula is C23H27N5O2S. The Morgan fingerprint density at radius 3 is 2.65 bits per heavy atom. The number of nitrogens with zero attached hydrogens (tertiary/aromatic N) is 3. The van der Waals surface area contributed by atoms with Crippen LogP contribution in [-0.4, -0.2) is 28.1 Å². The molecule has 1 amide bonds. The summed E-state index contributed by atoms with van der Waals surface area (Å²) in [6, 6.07) is 14.8. The second kappa shape index (κ2) is 9.78. The first-order valence-electron chi connectivity index (χ1n) is 10.1. The quantitative estimate of drug-likeness (QED) is 0.257.